The van der Waals surface area contributed by atoms with Crippen LogP contribution < -0.4 is 0 Å². The van der Waals surface area contributed by atoms with Gasteiger partial charge in [-0.15, -0.1) is 0 Å². The molecule has 96 valence electrons. The van der Waals surface area contributed by atoms with Gasteiger partial charge < -0.3 is 14.4 Å². The van der Waals surface area contributed by atoms with Gasteiger partial charge in [0.1, 0.15) is 0 Å². The molecule has 0 amide bonds. The number of hydrogen-bond acceptors (Lipinski definition) is 2. The lowest BCUT2D eigenvalue weighted by molar-refractivity contribution is -0.149. The van der Waals surface area contributed by atoms with Crippen LogP contribution in [0.1, 0.15) is 12.6 Å². The molecule has 4 nitrogen and oxygen atoms in total. The zero-order valence-corrected chi connectivity index (χ0v) is 10.8. The Balaban J connectivity index is 2.71. The SMILES string of the molecule is COCC(C)(C(=O)O)n1c(C)cc2ccccc21. The van der Waals surface area contributed by atoms with E-state index >= 15 is 0 Å². The Morgan fingerprint density at radius 3 is 2.72 bits per heavy atom. The molecule has 0 aliphatic carbocycles. The smallest absolute Gasteiger partial charge is 0.332 e. The molecule has 0 aliphatic heterocycles. The first-order valence-electron chi connectivity index (χ1n) is 5.80. The van der Waals surface area contributed by atoms with Crippen molar-refractivity contribution in [1.29, 1.82) is 0 Å². The standard InChI is InChI=1S/C14H17NO3/c1-10-8-11-6-4-5-7-12(11)15(10)14(2,9-18-3)13(16)17/h4-8H,9H2,1-3H3,(H,16,17). The van der Waals surface area contributed by atoms with Crippen molar-refractivity contribution in [3.8, 4) is 0 Å². The van der Waals surface area contributed by atoms with Gasteiger partial charge in [0, 0.05) is 18.3 Å². The van der Waals surface area contributed by atoms with Crippen LogP contribution in [0.15, 0.2) is 30.3 Å². The second-order valence-corrected chi connectivity index (χ2v) is 4.69. The predicted octanol–water partition coefficient (Wildman–Crippen LogP) is 2.40. The third kappa shape index (κ3) is 1.78. The van der Waals surface area contributed by atoms with Crippen molar-refractivity contribution in [1.82, 2.24) is 4.57 Å². The topological polar surface area (TPSA) is 51.5 Å². The van der Waals surface area contributed by atoms with E-state index in [4.69, 9.17) is 4.74 Å². The van der Waals surface area contributed by atoms with E-state index < -0.39 is 11.5 Å². The van der Waals surface area contributed by atoms with Gasteiger partial charge in [-0.05, 0) is 31.4 Å². The van der Waals surface area contributed by atoms with Crippen LogP contribution in [0.2, 0.25) is 0 Å². The van der Waals surface area contributed by atoms with Crippen molar-refractivity contribution >= 4 is 16.9 Å². The number of aliphatic carboxylic acids is 1. The van der Waals surface area contributed by atoms with Crippen LogP contribution in [0.3, 0.4) is 0 Å². The molecule has 0 saturated heterocycles. The lowest BCUT2D eigenvalue weighted by atomic mass is 10.0. The average Bonchev–Trinajstić information content (AvgIpc) is 2.65. The van der Waals surface area contributed by atoms with Gasteiger partial charge in [-0.1, -0.05) is 18.2 Å². The largest absolute Gasteiger partial charge is 0.479 e. The number of benzene rings is 1. The van der Waals surface area contributed by atoms with Crippen LogP contribution in [0.25, 0.3) is 10.9 Å². The number of aryl methyl sites for hydroxylation is 1. The quantitative estimate of drug-likeness (QED) is 0.902. The van der Waals surface area contributed by atoms with E-state index in [0.717, 1.165) is 16.6 Å². The lowest BCUT2D eigenvalue weighted by Gasteiger charge is -2.28. The summed E-state index contributed by atoms with van der Waals surface area (Å²) in [5.74, 6) is -0.895. The van der Waals surface area contributed by atoms with Gasteiger partial charge in [-0.25, -0.2) is 4.79 Å². The first kappa shape index (κ1) is 12.6. The molecule has 1 N–H and O–H groups in total. The van der Waals surface area contributed by atoms with Crippen molar-refractivity contribution in [2.24, 2.45) is 0 Å². The molecule has 0 bridgehead atoms. The third-order valence-corrected chi connectivity index (χ3v) is 3.27. The molecule has 2 rings (SSSR count). The Morgan fingerprint density at radius 2 is 2.11 bits per heavy atom. The Labute approximate surface area is 106 Å². The number of fused-ring (bicyclic) bond motifs is 1. The summed E-state index contributed by atoms with van der Waals surface area (Å²) in [7, 11) is 1.52. The van der Waals surface area contributed by atoms with Crippen LogP contribution in [-0.4, -0.2) is 29.4 Å². The monoisotopic (exact) mass is 247 g/mol. The highest BCUT2D eigenvalue weighted by Crippen LogP contribution is 2.28. The normalized spacial score (nSPS) is 14.6. The Kier molecular flexibility index (Phi) is 3.13. The highest BCUT2D eigenvalue weighted by Gasteiger charge is 2.37. The highest BCUT2D eigenvalue weighted by molar-refractivity contribution is 5.86. The van der Waals surface area contributed by atoms with E-state index in [1.165, 1.54) is 7.11 Å². The van der Waals surface area contributed by atoms with Crippen LogP contribution in [0, 0.1) is 6.92 Å². The maximum absolute atomic E-state index is 11.6. The van der Waals surface area contributed by atoms with Crippen molar-refractivity contribution in [3.05, 3.63) is 36.0 Å². The van der Waals surface area contributed by atoms with Crippen molar-refractivity contribution in [3.63, 3.8) is 0 Å². The minimum atomic E-state index is -1.10. The Bertz CT molecular complexity index is 588. The summed E-state index contributed by atoms with van der Waals surface area (Å²) in [6, 6.07) is 9.76. The van der Waals surface area contributed by atoms with E-state index in [2.05, 4.69) is 0 Å². The molecular formula is C14H17NO3. The van der Waals surface area contributed by atoms with Gasteiger partial charge in [0.05, 0.1) is 6.61 Å². The molecule has 0 spiro atoms. The number of aromatic nitrogens is 1. The second-order valence-electron chi connectivity index (χ2n) is 4.69. The summed E-state index contributed by atoms with van der Waals surface area (Å²) in [5.41, 5.74) is 0.733. The third-order valence-electron chi connectivity index (χ3n) is 3.27. The van der Waals surface area contributed by atoms with Crippen LogP contribution in [-0.2, 0) is 15.1 Å². The molecule has 1 aromatic carbocycles. The van der Waals surface area contributed by atoms with E-state index in [0.29, 0.717) is 0 Å². The summed E-state index contributed by atoms with van der Waals surface area (Å²) in [6.07, 6.45) is 0. The van der Waals surface area contributed by atoms with Crippen LogP contribution >= 0.6 is 0 Å². The Morgan fingerprint density at radius 1 is 1.44 bits per heavy atom. The van der Waals surface area contributed by atoms with Crippen molar-refractivity contribution in [2.45, 2.75) is 19.4 Å². The van der Waals surface area contributed by atoms with E-state index in [-0.39, 0.29) is 6.61 Å². The average molecular weight is 247 g/mol. The summed E-state index contributed by atoms with van der Waals surface area (Å²) < 4.78 is 6.92. The number of methoxy groups -OCH3 is 1. The summed E-state index contributed by atoms with van der Waals surface area (Å²) in [5, 5.41) is 10.6. The van der Waals surface area contributed by atoms with E-state index in [1.54, 1.807) is 6.92 Å². The second kappa shape index (κ2) is 4.46. The fourth-order valence-electron chi connectivity index (χ4n) is 2.45. The number of ether oxygens (including phenoxy) is 1. The molecule has 1 aromatic heterocycles. The minimum absolute atomic E-state index is 0.127. The van der Waals surface area contributed by atoms with Gasteiger partial charge in [-0.2, -0.15) is 0 Å². The molecule has 0 fully saturated rings. The minimum Gasteiger partial charge on any atom is -0.479 e. The number of carbonyl (C=O) groups is 1. The number of hydrogen-bond donors (Lipinski definition) is 1. The van der Waals surface area contributed by atoms with Crippen molar-refractivity contribution < 1.29 is 14.6 Å². The van der Waals surface area contributed by atoms with Gasteiger partial charge >= 0.3 is 5.97 Å². The molecule has 18 heavy (non-hydrogen) atoms. The number of rotatable bonds is 4. The number of nitrogens with zero attached hydrogens (tertiary/aromatic N) is 1. The Hall–Kier alpha value is -1.81. The lowest BCUT2D eigenvalue weighted by Crippen LogP contribution is -2.43. The predicted molar refractivity (Wildman–Crippen MR) is 69.8 cm³/mol. The zero-order chi connectivity index (χ0) is 13.3. The van der Waals surface area contributed by atoms with E-state index in [1.807, 2.05) is 41.8 Å². The maximum Gasteiger partial charge on any atom is 0.332 e. The fourth-order valence-corrected chi connectivity index (χ4v) is 2.45. The number of carboxylic acid groups (broad SMARTS) is 1. The molecular weight excluding hydrogens is 230 g/mol. The molecule has 0 aliphatic rings. The van der Waals surface area contributed by atoms with Gasteiger partial charge in [0.15, 0.2) is 5.54 Å². The van der Waals surface area contributed by atoms with Gasteiger partial charge in [0.2, 0.25) is 0 Å². The molecule has 1 unspecified atom stereocenters. The number of para-hydroxylation sites is 1. The molecule has 1 heterocycles. The number of carboxylic acids is 1. The highest BCUT2D eigenvalue weighted by atomic mass is 16.5. The summed E-state index contributed by atoms with van der Waals surface area (Å²) >= 11 is 0. The van der Waals surface area contributed by atoms with Crippen LogP contribution in [0.4, 0.5) is 0 Å². The molecule has 0 saturated carbocycles. The van der Waals surface area contributed by atoms with Crippen molar-refractivity contribution in [2.75, 3.05) is 13.7 Å². The molecule has 0 radical (unpaired) electrons. The fraction of sp³-hybridized carbons (Fsp3) is 0.357. The first-order chi connectivity index (χ1) is 8.50. The maximum atomic E-state index is 11.6. The van der Waals surface area contributed by atoms with Gasteiger partial charge in [0.25, 0.3) is 0 Å². The van der Waals surface area contributed by atoms with E-state index in [9.17, 15) is 9.90 Å². The molecule has 2 aromatic rings. The zero-order valence-electron chi connectivity index (χ0n) is 10.8. The molecule has 1 atom stereocenters. The van der Waals surface area contributed by atoms with Crippen LogP contribution in [0.5, 0.6) is 0 Å². The van der Waals surface area contributed by atoms with Gasteiger partial charge in [-0.3, -0.25) is 0 Å². The molecule has 4 heteroatoms. The summed E-state index contributed by atoms with van der Waals surface area (Å²) in [4.78, 5) is 11.6. The first-order valence-corrected chi connectivity index (χ1v) is 5.80. The summed E-state index contributed by atoms with van der Waals surface area (Å²) in [6.45, 7) is 3.72.